The van der Waals surface area contributed by atoms with E-state index in [1.807, 2.05) is 0 Å². The number of hydrogen-bond donors (Lipinski definition) is 1. The van der Waals surface area contributed by atoms with Gasteiger partial charge in [0.05, 0.1) is 5.76 Å². The smallest absolute Gasteiger partial charge is 0.371 e. The molecule has 0 aliphatic rings. The molecule has 0 fully saturated rings. The second-order valence-electron chi connectivity index (χ2n) is 2.56. The number of furan rings is 1. The van der Waals surface area contributed by atoms with Gasteiger partial charge in [0, 0.05) is 0 Å². The Kier molecular flexibility index (Phi) is 2.74. The van der Waals surface area contributed by atoms with Gasteiger partial charge >= 0.3 is 5.97 Å². The van der Waals surface area contributed by atoms with Crippen LogP contribution in [0.15, 0.2) is 28.9 Å². The minimum Gasteiger partial charge on any atom is -0.491 e. The van der Waals surface area contributed by atoms with Crippen molar-refractivity contribution in [1.82, 2.24) is 0 Å². The van der Waals surface area contributed by atoms with Gasteiger partial charge in [0.1, 0.15) is 12.4 Å². The van der Waals surface area contributed by atoms with Crippen molar-refractivity contribution < 1.29 is 19.1 Å². The van der Waals surface area contributed by atoms with Crippen LogP contribution >= 0.6 is 0 Å². The van der Waals surface area contributed by atoms with E-state index in [-0.39, 0.29) is 12.4 Å². The van der Waals surface area contributed by atoms with Gasteiger partial charge < -0.3 is 14.3 Å². The first-order chi connectivity index (χ1) is 6.09. The van der Waals surface area contributed by atoms with Crippen molar-refractivity contribution in [1.29, 1.82) is 0 Å². The largest absolute Gasteiger partial charge is 0.491 e. The van der Waals surface area contributed by atoms with Gasteiger partial charge in [-0.1, -0.05) is 6.58 Å². The molecule has 0 bridgehead atoms. The number of ether oxygens (including phenoxy) is 1. The lowest BCUT2D eigenvalue weighted by molar-refractivity contribution is 0.0656. The molecule has 0 aliphatic carbocycles. The van der Waals surface area contributed by atoms with E-state index in [0.717, 1.165) is 0 Å². The molecule has 0 aromatic carbocycles. The lowest BCUT2D eigenvalue weighted by Crippen LogP contribution is -1.92. The van der Waals surface area contributed by atoms with Crippen LogP contribution in [0.3, 0.4) is 0 Å². The monoisotopic (exact) mass is 182 g/mol. The molecule has 13 heavy (non-hydrogen) atoms. The third-order valence-corrected chi connectivity index (χ3v) is 1.33. The summed E-state index contributed by atoms with van der Waals surface area (Å²) in [7, 11) is 0. The highest BCUT2D eigenvalue weighted by Gasteiger charge is 2.08. The van der Waals surface area contributed by atoms with Crippen LogP contribution in [0.4, 0.5) is 0 Å². The van der Waals surface area contributed by atoms with Gasteiger partial charge in [-0.3, -0.25) is 0 Å². The second-order valence-corrected chi connectivity index (χ2v) is 2.56. The van der Waals surface area contributed by atoms with Crippen LogP contribution < -0.4 is 0 Å². The summed E-state index contributed by atoms with van der Waals surface area (Å²) in [6.07, 6.45) is 0. The molecule has 0 spiro atoms. The Morgan fingerprint density at radius 3 is 2.85 bits per heavy atom. The van der Waals surface area contributed by atoms with Crippen molar-refractivity contribution in [3.8, 4) is 0 Å². The molecule has 0 unspecified atom stereocenters. The van der Waals surface area contributed by atoms with E-state index in [4.69, 9.17) is 14.3 Å². The highest BCUT2D eigenvalue weighted by atomic mass is 16.5. The van der Waals surface area contributed by atoms with Crippen molar-refractivity contribution in [3.05, 3.63) is 36.0 Å². The zero-order valence-electron chi connectivity index (χ0n) is 7.24. The number of allylic oxidation sites excluding steroid dienone is 1. The molecule has 0 aliphatic heterocycles. The lowest BCUT2D eigenvalue weighted by Gasteiger charge is -2.00. The topological polar surface area (TPSA) is 59.7 Å². The fourth-order valence-corrected chi connectivity index (χ4v) is 0.765. The summed E-state index contributed by atoms with van der Waals surface area (Å²) in [6, 6.07) is 2.95. The highest BCUT2D eigenvalue weighted by Crippen LogP contribution is 2.10. The first kappa shape index (κ1) is 9.38. The third-order valence-electron chi connectivity index (χ3n) is 1.33. The normalized spacial score (nSPS) is 9.62. The first-order valence-electron chi connectivity index (χ1n) is 3.70. The maximum Gasteiger partial charge on any atom is 0.371 e. The quantitative estimate of drug-likeness (QED) is 0.723. The minimum atomic E-state index is -1.08. The van der Waals surface area contributed by atoms with Crippen LogP contribution in [0.25, 0.3) is 0 Å². The highest BCUT2D eigenvalue weighted by molar-refractivity contribution is 5.84. The summed E-state index contributed by atoms with van der Waals surface area (Å²) in [4.78, 5) is 10.4. The summed E-state index contributed by atoms with van der Waals surface area (Å²) in [5.41, 5.74) is 0. The van der Waals surface area contributed by atoms with Gasteiger partial charge in [-0.2, -0.15) is 0 Å². The van der Waals surface area contributed by atoms with E-state index in [1.54, 1.807) is 13.0 Å². The van der Waals surface area contributed by atoms with Crippen molar-refractivity contribution >= 4 is 5.97 Å². The number of carbonyl (C=O) groups is 1. The average molecular weight is 182 g/mol. The van der Waals surface area contributed by atoms with E-state index >= 15 is 0 Å². The Labute approximate surface area is 75.4 Å². The number of aromatic carboxylic acids is 1. The summed E-state index contributed by atoms with van der Waals surface area (Å²) in [6.45, 7) is 5.45. The van der Waals surface area contributed by atoms with Crippen molar-refractivity contribution in [2.24, 2.45) is 0 Å². The van der Waals surface area contributed by atoms with Crippen LogP contribution in [0.5, 0.6) is 0 Å². The number of hydrogen-bond acceptors (Lipinski definition) is 3. The molecule has 70 valence electrons. The Hall–Kier alpha value is -1.71. The van der Waals surface area contributed by atoms with Crippen LogP contribution in [-0.2, 0) is 11.3 Å². The van der Waals surface area contributed by atoms with Crippen molar-refractivity contribution in [3.63, 3.8) is 0 Å². The average Bonchev–Trinajstić information content (AvgIpc) is 2.48. The molecule has 1 aromatic heterocycles. The van der Waals surface area contributed by atoms with Crippen molar-refractivity contribution in [2.75, 3.05) is 0 Å². The van der Waals surface area contributed by atoms with Crippen LogP contribution in [0.1, 0.15) is 23.2 Å². The molecule has 0 radical (unpaired) electrons. The predicted octanol–water partition coefficient (Wildman–Crippen LogP) is 2.03. The van der Waals surface area contributed by atoms with Crippen LogP contribution in [-0.4, -0.2) is 11.1 Å². The Morgan fingerprint density at radius 2 is 2.38 bits per heavy atom. The Morgan fingerprint density at radius 1 is 1.69 bits per heavy atom. The third kappa shape index (κ3) is 2.66. The minimum absolute atomic E-state index is 0.0830. The summed E-state index contributed by atoms with van der Waals surface area (Å²) in [5, 5.41) is 8.52. The second kappa shape index (κ2) is 3.80. The maximum atomic E-state index is 10.4. The molecule has 1 heterocycles. The SMILES string of the molecule is C=C(C)OCc1ccc(C(=O)O)o1. The van der Waals surface area contributed by atoms with Gasteiger partial charge in [-0.05, 0) is 19.1 Å². The van der Waals surface area contributed by atoms with E-state index < -0.39 is 5.97 Å². The molecular formula is C9H10O4. The number of rotatable bonds is 4. The van der Waals surface area contributed by atoms with Gasteiger partial charge in [0.15, 0.2) is 0 Å². The molecule has 4 nitrogen and oxygen atoms in total. The molecule has 1 rings (SSSR count). The van der Waals surface area contributed by atoms with Gasteiger partial charge in [-0.25, -0.2) is 4.79 Å². The molecular weight excluding hydrogens is 172 g/mol. The molecule has 0 saturated carbocycles. The van der Waals surface area contributed by atoms with E-state index in [2.05, 4.69) is 6.58 Å². The van der Waals surface area contributed by atoms with Crippen molar-refractivity contribution in [2.45, 2.75) is 13.5 Å². The summed E-state index contributed by atoms with van der Waals surface area (Å²) >= 11 is 0. The van der Waals surface area contributed by atoms with Crippen LogP contribution in [0.2, 0.25) is 0 Å². The lowest BCUT2D eigenvalue weighted by atomic mass is 10.4. The molecule has 0 saturated heterocycles. The summed E-state index contributed by atoms with van der Waals surface area (Å²) < 4.78 is 9.97. The fraction of sp³-hybridized carbons (Fsp3) is 0.222. The zero-order valence-corrected chi connectivity index (χ0v) is 7.24. The van der Waals surface area contributed by atoms with E-state index in [0.29, 0.717) is 11.5 Å². The van der Waals surface area contributed by atoms with E-state index in [1.165, 1.54) is 6.07 Å². The van der Waals surface area contributed by atoms with Gasteiger partial charge in [0.2, 0.25) is 5.76 Å². The molecule has 1 aromatic rings. The zero-order chi connectivity index (χ0) is 9.84. The van der Waals surface area contributed by atoms with Crippen LogP contribution in [0, 0.1) is 0 Å². The molecule has 4 heteroatoms. The number of carboxylic acids is 1. The van der Waals surface area contributed by atoms with E-state index in [9.17, 15) is 4.79 Å². The molecule has 0 amide bonds. The Bertz CT molecular complexity index is 324. The van der Waals surface area contributed by atoms with Gasteiger partial charge in [-0.15, -0.1) is 0 Å². The summed E-state index contributed by atoms with van der Waals surface area (Å²) in [5.74, 6) is -0.129. The van der Waals surface area contributed by atoms with Gasteiger partial charge in [0.25, 0.3) is 0 Å². The maximum absolute atomic E-state index is 10.4. The standard InChI is InChI=1S/C9H10O4/c1-6(2)12-5-7-3-4-8(13-7)9(10)11/h3-4H,1,5H2,2H3,(H,10,11). The molecule has 0 atom stereocenters. The predicted molar refractivity (Wildman–Crippen MR) is 45.3 cm³/mol. The number of carboxylic acid groups (broad SMARTS) is 1. The fourth-order valence-electron chi connectivity index (χ4n) is 0.765. The molecule has 1 N–H and O–H groups in total. The Balaban J connectivity index is 2.59. The first-order valence-corrected chi connectivity index (χ1v) is 3.70.